The molecule has 0 spiro atoms. The van der Waals surface area contributed by atoms with Gasteiger partial charge in [0.1, 0.15) is 6.07 Å². The van der Waals surface area contributed by atoms with Crippen molar-refractivity contribution in [2.75, 3.05) is 11.9 Å². The number of likely N-dealkylation sites (tertiary alicyclic amines) is 1. The minimum Gasteiger partial charge on any atom is -0.388 e. The van der Waals surface area contributed by atoms with Crippen LogP contribution < -0.4 is 5.32 Å². The molecule has 6 heteroatoms. The Bertz CT molecular complexity index is 590. The number of nitrogens with one attached hydrogen (secondary N) is 1. The van der Waals surface area contributed by atoms with Gasteiger partial charge in [0, 0.05) is 12.2 Å². The van der Waals surface area contributed by atoms with E-state index >= 15 is 0 Å². The number of rotatable bonds is 2. The smallest absolute Gasteiger partial charge is 0.322 e. The van der Waals surface area contributed by atoms with Gasteiger partial charge in [-0.1, -0.05) is 11.6 Å². The van der Waals surface area contributed by atoms with E-state index in [1.807, 2.05) is 6.07 Å². The van der Waals surface area contributed by atoms with Crippen LogP contribution in [-0.4, -0.2) is 34.2 Å². The second kappa shape index (κ2) is 5.92. The Labute approximate surface area is 129 Å². The number of benzene rings is 1. The summed E-state index contributed by atoms with van der Waals surface area (Å²) in [6.45, 7) is 4.04. The molecule has 21 heavy (non-hydrogen) atoms. The van der Waals surface area contributed by atoms with Crippen molar-refractivity contribution < 1.29 is 9.90 Å². The molecule has 5 nitrogen and oxygen atoms in total. The fourth-order valence-electron chi connectivity index (χ4n) is 2.62. The summed E-state index contributed by atoms with van der Waals surface area (Å²) in [5.74, 6) is 0. The van der Waals surface area contributed by atoms with E-state index in [4.69, 9.17) is 16.9 Å². The van der Waals surface area contributed by atoms with Crippen LogP contribution in [0.15, 0.2) is 18.2 Å². The van der Waals surface area contributed by atoms with Crippen LogP contribution in [-0.2, 0) is 0 Å². The van der Waals surface area contributed by atoms with Crippen molar-refractivity contribution in [1.29, 1.82) is 5.26 Å². The third-order valence-corrected chi connectivity index (χ3v) is 3.98. The number of halogens is 1. The average molecular weight is 308 g/mol. The molecule has 2 amide bonds. The van der Waals surface area contributed by atoms with Crippen LogP contribution in [0.2, 0.25) is 5.02 Å². The molecule has 1 aliphatic heterocycles. The van der Waals surface area contributed by atoms with Crippen molar-refractivity contribution in [3.05, 3.63) is 28.8 Å². The zero-order valence-electron chi connectivity index (χ0n) is 12.1. The van der Waals surface area contributed by atoms with Crippen LogP contribution in [0, 0.1) is 11.3 Å². The number of carbonyl (C=O) groups is 1. The molecule has 2 rings (SSSR count). The van der Waals surface area contributed by atoms with Gasteiger partial charge in [-0.3, -0.25) is 0 Å². The van der Waals surface area contributed by atoms with Crippen LogP contribution >= 0.6 is 11.6 Å². The monoisotopic (exact) mass is 307 g/mol. The zero-order chi connectivity index (χ0) is 15.6. The Morgan fingerprint density at radius 1 is 1.57 bits per heavy atom. The van der Waals surface area contributed by atoms with Gasteiger partial charge in [0.15, 0.2) is 0 Å². The molecule has 2 N–H and O–H groups in total. The number of urea groups is 1. The lowest BCUT2D eigenvalue weighted by Gasteiger charge is -2.33. The number of anilines is 1. The van der Waals surface area contributed by atoms with Gasteiger partial charge in [-0.25, -0.2) is 4.79 Å². The van der Waals surface area contributed by atoms with E-state index in [-0.39, 0.29) is 12.1 Å². The lowest BCUT2D eigenvalue weighted by molar-refractivity contribution is 0.0117. The second-order valence-electron chi connectivity index (χ2n) is 5.74. The van der Waals surface area contributed by atoms with E-state index in [0.717, 1.165) is 12.8 Å². The van der Waals surface area contributed by atoms with Gasteiger partial charge in [-0.15, -0.1) is 0 Å². The fourth-order valence-corrected chi connectivity index (χ4v) is 2.85. The topological polar surface area (TPSA) is 76.4 Å². The molecular formula is C15H18ClN3O2. The molecule has 1 unspecified atom stereocenters. The first kappa shape index (κ1) is 15.6. The van der Waals surface area contributed by atoms with Crippen LogP contribution in [0.4, 0.5) is 10.5 Å². The number of carbonyl (C=O) groups excluding carboxylic acids is 1. The molecule has 0 bridgehead atoms. The van der Waals surface area contributed by atoms with E-state index in [2.05, 4.69) is 5.32 Å². The quantitative estimate of drug-likeness (QED) is 0.882. The van der Waals surface area contributed by atoms with E-state index < -0.39 is 5.60 Å². The summed E-state index contributed by atoms with van der Waals surface area (Å²) in [5.41, 5.74) is -0.0357. The van der Waals surface area contributed by atoms with Gasteiger partial charge in [0.2, 0.25) is 0 Å². The van der Waals surface area contributed by atoms with Crippen molar-refractivity contribution in [2.24, 2.45) is 0 Å². The van der Waals surface area contributed by atoms with Gasteiger partial charge >= 0.3 is 6.03 Å². The van der Waals surface area contributed by atoms with Crippen molar-refractivity contribution >= 4 is 23.3 Å². The summed E-state index contributed by atoms with van der Waals surface area (Å²) < 4.78 is 0. The molecule has 0 aliphatic carbocycles. The highest BCUT2D eigenvalue weighted by molar-refractivity contribution is 6.32. The molecule has 0 radical (unpaired) electrons. The Hall–Kier alpha value is -1.77. The van der Waals surface area contributed by atoms with E-state index in [1.54, 1.807) is 36.9 Å². The summed E-state index contributed by atoms with van der Waals surface area (Å²) in [6.07, 6.45) is 1.65. The number of hydrogen-bond donors (Lipinski definition) is 2. The van der Waals surface area contributed by atoms with Gasteiger partial charge in [0.05, 0.1) is 22.2 Å². The van der Waals surface area contributed by atoms with E-state index in [0.29, 0.717) is 22.8 Å². The van der Waals surface area contributed by atoms with E-state index in [1.165, 1.54) is 0 Å². The molecule has 1 saturated heterocycles. The maximum atomic E-state index is 12.3. The SMILES string of the molecule is CC(C)(O)C1CCCN1C(=O)Nc1ccc(C#N)c(Cl)c1. The molecule has 1 fully saturated rings. The third-order valence-electron chi connectivity index (χ3n) is 3.67. The van der Waals surface area contributed by atoms with Crippen molar-refractivity contribution in [1.82, 2.24) is 4.90 Å². The van der Waals surface area contributed by atoms with Crippen molar-refractivity contribution in [3.8, 4) is 6.07 Å². The van der Waals surface area contributed by atoms with E-state index in [9.17, 15) is 9.90 Å². The molecule has 112 valence electrons. The summed E-state index contributed by atoms with van der Waals surface area (Å²) in [5, 5.41) is 22.0. The van der Waals surface area contributed by atoms with Gasteiger partial charge in [0.25, 0.3) is 0 Å². The molecule has 1 aromatic carbocycles. The number of amides is 2. The second-order valence-corrected chi connectivity index (χ2v) is 6.15. The Kier molecular flexibility index (Phi) is 4.40. The molecule has 1 aliphatic rings. The van der Waals surface area contributed by atoms with Crippen LogP contribution in [0.3, 0.4) is 0 Å². The first-order valence-electron chi connectivity index (χ1n) is 6.82. The first-order chi connectivity index (χ1) is 9.82. The van der Waals surface area contributed by atoms with Gasteiger partial charge in [-0.05, 0) is 44.9 Å². The predicted molar refractivity (Wildman–Crippen MR) is 81.2 cm³/mol. The summed E-state index contributed by atoms with van der Waals surface area (Å²) in [4.78, 5) is 14.0. The Morgan fingerprint density at radius 2 is 2.29 bits per heavy atom. The number of nitrogens with zero attached hydrogens (tertiary/aromatic N) is 2. The standard InChI is InChI=1S/C15H18ClN3O2/c1-15(2,21)13-4-3-7-19(13)14(20)18-11-6-5-10(9-17)12(16)8-11/h5-6,8,13,21H,3-4,7H2,1-2H3,(H,18,20). The summed E-state index contributed by atoms with van der Waals surface area (Å²) in [6, 6.07) is 6.25. The highest BCUT2D eigenvalue weighted by atomic mass is 35.5. The molecule has 1 aromatic rings. The molecule has 1 heterocycles. The third kappa shape index (κ3) is 3.46. The summed E-state index contributed by atoms with van der Waals surface area (Å²) >= 11 is 5.95. The molecule has 1 atom stereocenters. The highest BCUT2D eigenvalue weighted by Crippen LogP contribution is 2.28. The first-order valence-corrected chi connectivity index (χ1v) is 7.20. The maximum absolute atomic E-state index is 12.3. The zero-order valence-corrected chi connectivity index (χ0v) is 12.8. The highest BCUT2D eigenvalue weighted by Gasteiger charge is 2.38. The Balaban J connectivity index is 2.11. The number of hydrogen-bond acceptors (Lipinski definition) is 3. The number of aliphatic hydroxyl groups is 1. The normalized spacial score (nSPS) is 18.4. The minimum absolute atomic E-state index is 0.202. The van der Waals surface area contributed by atoms with Crippen LogP contribution in [0.25, 0.3) is 0 Å². The molecule has 0 saturated carbocycles. The van der Waals surface area contributed by atoms with Crippen molar-refractivity contribution in [2.45, 2.75) is 38.3 Å². The minimum atomic E-state index is -0.934. The largest absolute Gasteiger partial charge is 0.388 e. The van der Waals surface area contributed by atoms with Crippen LogP contribution in [0.5, 0.6) is 0 Å². The van der Waals surface area contributed by atoms with Gasteiger partial charge in [-0.2, -0.15) is 5.26 Å². The molecule has 0 aromatic heterocycles. The average Bonchev–Trinajstić information content (AvgIpc) is 2.88. The predicted octanol–water partition coefficient (Wildman–Crippen LogP) is 2.98. The lowest BCUT2D eigenvalue weighted by atomic mass is 9.97. The van der Waals surface area contributed by atoms with Gasteiger partial charge < -0.3 is 15.3 Å². The lowest BCUT2D eigenvalue weighted by Crippen LogP contribution is -2.49. The fraction of sp³-hybridized carbons (Fsp3) is 0.467. The maximum Gasteiger partial charge on any atom is 0.322 e. The van der Waals surface area contributed by atoms with Crippen molar-refractivity contribution in [3.63, 3.8) is 0 Å². The number of nitriles is 1. The Morgan fingerprint density at radius 3 is 2.86 bits per heavy atom. The molecular weight excluding hydrogens is 290 g/mol. The summed E-state index contributed by atoms with van der Waals surface area (Å²) in [7, 11) is 0. The van der Waals surface area contributed by atoms with Crippen LogP contribution in [0.1, 0.15) is 32.3 Å².